The first-order valence-corrected chi connectivity index (χ1v) is 3.94. The van der Waals surface area contributed by atoms with Crippen LogP contribution in [0.4, 0.5) is 0 Å². The summed E-state index contributed by atoms with van der Waals surface area (Å²) in [6.45, 7) is 9.57. The largest absolute Gasteiger partial charge is 1.00 e. The van der Waals surface area contributed by atoms with Gasteiger partial charge in [-0.3, -0.25) is 0 Å². The third-order valence-electron chi connectivity index (χ3n) is 1.14. The second-order valence-corrected chi connectivity index (χ2v) is 3.63. The summed E-state index contributed by atoms with van der Waals surface area (Å²) in [6, 6.07) is 0. The average molecular weight is 167 g/mol. The molecule has 0 spiro atoms. The monoisotopic (exact) mass is 167 g/mol. The van der Waals surface area contributed by atoms with E-state index in [1.54, 1.807) is 0 Å². The van der Waals surface area contributed by atoms with Gasteiger partial charge in [-0.05, 0) is 24.9 Å². The summed E-state index contributed by atoms with van der Waals surface area (Å²) >= 11 is 0. The van der Waals surface area contributed by atoms with E-state index < -0.39 is 0 Å². The van der Waals surface area contributed by atoms with Crippen LogP contribution in [0.2, 0.25) is 0 Å². The number of hydroxylamine groups is 2. The first-order valence-electron chi connectivity index (χ1n) is 3.94. The van der Waals surface area contributed by atoms with Gasteiger partial charge in [0.2, 0.25) is 0 Å². The van der Waals surface area contributed by atoms with Crippen molar-refractivity contribution in [2.45, 2.75) is 27.7 Å². The van der Waals surface area contributed by atoms with Gasteiger partial charge in [-0.1, -0.05) is 27.7 Å². The molecule has 62 valence electrons. The zero-order valence-corrected chi connectivity index (χ0v) is 10.4. The van der Waals surface area contributed by atoms with E-state index >= 15 is 0 Å². The van der Waals surface area contributed by atoms with Crippen molar-refractivity contribution in [3.63, 3.8) is 0 Å². The number of rotatable bonds is 4. The van der Waals surface area contributed by atoms with Crippen molar-refractivity contribution in [3.8, 4) is 0 Å². The van der Waals surface area contributed by atoms with Crippen molar-refractivity contribution in [1.29, 1.82) is 0 Å². The Balaban J connectivity index is 0. The quantitative estimate of drug-likeness (QED) is 0.401. The first kappa shape index (κ1) is 14.4. The van der Waals surface area contributed by atoms with Gasteiger partial charge in [0.1, 0.15) is 0 Å². The fraction of sp³-hybridized carbons (Fsp3) is 1.00. The SMILES string of the molecule is CC(C)CN([O-])CC(C)C.[Na+]. The van der Waals surface area contributed by atoms with E-state index in [0.717, 1.165) is 5.06 Å². The standard InChI is InChI=1S/C8H18NO.Na/c1-7(2)5-9(10)6-8(3)4;/h7-8H,5-6H2,1-4H3;/q-1;+1. The van der Waals surface area contributed by atoms with Gasteiger partial charge in [-0.2, -0.15) is 0 Å². The fourth-order valence-corrected chi connectivity index (χ4v) is 0.889. The molecular formula is C8H18NNaO. The van der Waals surface area contributed by atoms with Crippen LogP contribution in [0.5, 0.6) is 0 Å². The molecule has 0 aromatic rings. The molecule has 0 N–H and O–H groups in total. The molecule has 0 atom stereocenters. The van der Waals surface area contributed by atoms with Gasteiger partial charge in [0, 0.05) is 0 Å². The summed E-state index contributed by atoms with van der Waals surface area (Å²) in [4.78, 5) is 0. The van der Waals surface area contributed by atoms with Gasteiger partial charge in [-0.25, -0.2) is 0 Å². The van der Waals surface area contributed by atoms with E-state index in [1.807, 2.05) is 0 Å². The van der Waals surface area contributed by atoms with E-state index in [2.05, 4.69) is 27.7 Å². The van der Waals surface area contributed by atoms with E-state index in [-0.39, 0.29) is 29.6 Å². The Labute approximate surface area is 92.2 Å². The Kier molecular flexibility index (Phi) is 9.93. The van der Waals surface area contributed by atoms with Crippen molar-refractivity contribution in [2.24, 2.45) is 11.8 Å². The Morgan fingerprint density at radius 3 is 1.45 bits per heavy atom. The third-order valence-corrected chi connectivity index (χ3v) is 1.14. The van der Waals surface area contributed by atoms with E-state index in [9.17, 15) is 5.21 Å². The van der Waals surface area contributed by atoms with Crippen LogP contribution in [0.3, 0.4) is 0 Å². The second kappa shape index (κ2) is 7.56. The molecule has 0 unspecified atom stereocenters. The molecule has 0 aliphatic carbocycles. The van der Waals surface area contributed by atoms with Crippen LogP contribution in [0.1, 0.15) is 27.7 Å². The number of nitrogens with zero attached hydrogens (tertiary/aromatic N) is 1. The molecule has 0 heterocycles. The Morgan fingerprint density at radius 1 is 1.00 bits per heavy atom. The summed E-state index contributed by atoms with van der Waals surface area (Å²) in [5, 5.41) is 12.1. The predicted molar refractivity (Wildman–Crippen MR) is 44.6 cm³/mol. The van der Waals surface area contributed by atoms with Crippen LogP contribution in [0.25, 0.3) is 0 Å². The molecular weight excluding hydrogens is 149 g/mol. The summed E-state index contributed by atoms with van der Waals surface area (Å²) in [5.74, 6) is 0.965. The topological polar surface area (TPSA) is 26.3 Å². The van der Waals surface area contributed by atoms with Gasteiger partial charge >= 0.3 is 29.6 Å². The number of hydrogen-bond donors (Lipinski definition) is 0. The first-order chi connectivity index (χ1) is 4.52. The minimum absolute atomic E-state index is 0. The molecule has 11 heavy (non-hydrogen) atoms. The second-order valence-electron chi connectivity index (χ2n) is 3.63. The fourth-order valence-electron chi connectivity index (χ4n) is 0.889. The Hall–Kier alpha value is 0.920. The molecule has 2 nitrogen and oxygen atoms in total. The van der Waals surface area contributed by atoms with Crippen LogP contribution in [-0.2, 0) is 0 Å². The van der Waals surface area contributed by atoms with Gasteiger partial charge in [-0.15, -0.1) is 0 Å². The molecule has 0 saturated heterocycles. The molecule has 0 bridgehead atoms. The van der Waals surface area contributed by atoms with Crippen LogP contribution < -0.4 is 29.6 Å². The molecule has 0 fully saturated rings. The molecule has 0 rings (SSSR count). The molecule has 3 heteroatoms. The maximum Gasteiger partial charge on any atom is 1.00 e. The van der Waals surface area contributed by atoms with Crippen LogP contribution in [-0.4, -0.2) is 18.2 Å². The van der Waals surface area contributed by atoms with Crippen LogP contribution >= 0.6 is 0 Å². The van der Waals surface area contributed by atoms with Crippen molar-refractivity contribution < 1.29 is 29.6 Å². The third kappa shape index (κ3) is 10.9. The van der Waals surface area contributed by atoms with Crippen LogP contribution in [0, 0.1) is 17.0 Å². The van der Waals surface area contributed by atoms with Gasteiger partial charge in [0.25, 0.3) is 0 Å². The normalized spacial score (nSPS) is 10.9. The maximum absolute atomic E-state index is 11.0. The Morgan fingerprint density at radius 2 is 1.27 bits per heavy atom. The van der Waals surface area contributed by atoms with E-state index in [4.69, 9.17) is 0 Å². The summed E-state index contributed by atoms with van der Waals surface area (Å²) in [5.41, 5.74) is 0. The molecule has 0 aliphatic rings. The molecule has 0 amide bonds. The van der Waals surface area contributed by atoms with Gasteiger partial charge in [0.05, 0.1) is 0 Å². The van der Waals surface area contributed by atoms with E-state index in [0.29, 0.717) is 24.9 Å². The predicted octanol–water partition coefficient (Wildman–Crippen LogP) is -0.898. The average Bonchev–Trinajstić information content (AvgIpc) is 1.58. The summed E-state index contributed by atoms with van der Waals surface area (Å²) in [7, 11) is 0. The molecule has 0 aromatic heterocycles. The van der Waals surface area contributed by atoms with Crippen molar-refractivity contribution in [1.82, 2.24) is 5.06 Å². The molecule has 0 saturated carbocycles. The summed E-state index contributed by atoms with van der Waals surface area (Å²) < 4.78 is 0. The van der Waals surface area contributed by atoms with Gasteiger partial charge < -0.3 is 10.3 Å². The number of hydrogen-bond acceptors (Lipinski definition) is 2. The minimum atomic E-state index is 0. The van der Waals surface area contributed by atoms with Crippen molar-refractivity contribution in [3.05, 3.63) is 5.21 Å². The molecule has 0 aromatic carbocycles. The minimum Gasteiger partial charge on any atom is -0.785 e. The van der Waals surface area contributed by atoms with Crippen molar-refractivity contribution in [2.75, 3.05) is 13.1 Å². The summed E-state index contributed by atoms with van der Waals surface area (Å²) in [6.07, 6.45) is 0. The van der Waals surface area contributed by atoms with Crippen LogP contribution in [0.15, 0.2) is 0 Å². The molecule has 0 aliphatic heterocycles. The zero-order chi connectivity index (χ0) is 8.15. The molecule has 0 radical (unpaired) electrons. The van der Waals surface area contributed by atoms with Gasteiger partial charge in [0.15, 0.2) is 0 Å². The maximum atomic E-state index is 11.0. The van der Waals surface area contributed by atoms with Crippen molar-refractivity contribution >= 4 is 0 Å². The zero-order valence-electron chi connectivity index (χ0n) is 8.42. The smallest absolute Gasteiger partial charge is 0.785 e. The Bertz CT molecular complexity index is 76.2. The van der Waals surface area contributed by atoms with E-state index in [1.165, 1.54) is 0 Å².